The van der Waals surface area contributed by atoms with E-state index in [9.17, 15) is 4.79 Å². The van der Waals surface area contributed by atoms with Gasteiger partial charge in [-0.05, 0) is 54.6 Å². The van der Waals surface area contributed by atoms with Gasteiger partial charge in [-0.2, -0.15) is 0 Å². The smallest absolute Gasteiger partial charge is 0.264 e. The minimum atomic E-state index is -0.217. The van der Waals surface area contributed by atoms with Crippen LogP contribution < -0.4 is 5.32 Å². The molecule has 140 valence electrons. The van der Waals surface area contributed by atoms with E-state index < -0.39 is 0 Å². The quantitative estimate of drug-likeness (QED) is 0.487. The highest BCUT2D eigenvalue weighted by Gasteiger charge is 2.24. The summed E-state index contributed by atoms with van der Waals surface area (Å²) in [5.41, 5.74) is 2.48. The first-order valence-electron chi connectivity index (χ1n) is 8.41. The summed E-state index contributed by atoms with van der Waals surface area (Å²) in [6.45, 7) is 1.97. The third-order valence-electron chi connectivity index (χ3n) is 4.10. The number of hydrogen-bond donors (Lipinski definition) is 1. The second-order valence-electron chi connectivity index (χ2n) is 6.07. The molecule has 4 nitrogen and oxygen atoms in total. The second kappa shape index (κ2) is 7.87. The highest BCUT2D eigenvalue weighted by atomic mass is 35.5. The Morgan fingerprint density at radius 3 is 2.54 bits per heavy atom. The average molecular weight is 429 g/mol. The molecule has 2 aromatic carbocycles. The number of benzene rings is 2. The Morgan fingerprint density at radius 1 is 1.04 bits per heavy atom. The zero-order chi connectivity index (χ0) is 19.7. The van der Waals surface area contributed by atoms with Crippen LogP contribution in [0.25, 0.3) is 17.4 Å². The minimum absolute atomic E-state index is 0.217. The van der Waals surface area contributed by atoms with Crippen molar-refractivity contribution in [2.24, 2.45) is 4.99 Å². The molecule has 0 bridgehead atoms. The van der Waals surface area contributed by atoms with Crippen LogP contribution in [0.4, 0.5) is 5.69 Å². The monoisotopic (exact) mass is 428 g/mol. The lowest BCUT2D eigenvalue weighted by Gasteiger charge is -2.02. The lowest BCUT2D eigenvalue weighted by Crippen LogP contribution is -2.19. The number of aryl methyl sites for hydroxylation is 1. The summed E-state index contributed by atoms with van der Waals surface area (Å²) < 4.78 is 5.84. The summed E-state index contributed by atoms with van der Waals surface area (Å²) in [4.78, 5) is 17.3. The summed E-state index contributed by atoms with van der Waals surface area (Å²) in [6.07, 6.45) is 1.68. The van der Waals surface area contributed by atoms with Crippen LogP contribution in [0.2, 0.25) is 10.0 Å². The molecule has 0 unspecified atom stereocenters. The SMILES string of the molecule is Cc1ccccc1N=C1NC(=O)/C(=C\c2ccc(-c3c(Cl)cccc3Cl)o2)S1. The first-order valence-corrected chi connectivity index (χ1v) is 9.98. The first kappa shape index (κ1) is 18.9. The van der Waals surface area contributed by atoms with Crippen LogP contribution >= 0.6 is 35.0 Å². The van der Waals surface area contributed by atoms with Gasteiger partial charge in [0.25, 0.3) is 5.91 Å². The van der Waals surface area contributed by atoms with Gasteiger partial charge in [0.15, 0.2) is 5.17 Å². The van der Waals surface area contributed by atoms with E-state index in [1.807, 2.05) is 31.2 Å². The Morgan fingerprint density at radius 2 is 1.79 bits per heavy atom. The summed E-state index contributed by atoms with van der Waals surface area (Å²) in [5.74, 6) is 0.853. The summed E-state index contributed by atoms with van der Waals surface area (Å²) >= 11 is 13.7. The topological polar surface area (TPSA) is 54.6 Å². The molecule has 1 aliphatic heterocycles. The molecule has 3 aromatic rings. The van der Waals surface area contributed by atoms with Crippen LogP contribution in [0.15, 0.2) is 68.9 Å². The number of furan rings is 1. The number of para-hydroxylation sites is 1. The molecule has 4 rings (SSSR count). The van der Waals surface area contributed by atoms with Gasteiger partial charge in [0, 0.05) is 6.08 Å². The molecule has 1 N–H and O–H groups in total. The summed E-state index contributed by atoms with van der Waals surface area (Å²) in [7, 11) is 0. The maximum Gasteiger partial charge on any atom is 0.264 e. The van der Waals surface area contributed by atoms with Crippen LogP contribution in [-0.4, -0.2) is 11.1 Å². The summed E-state index contributed by atoms with van der Waals surface area (Å²) in [5, 5.41) is 4.32. The number of halogens is 2. The number of hydrogen-bond acceptors (Lipinski definition) is 4. The zero-order valence-electron chi connectivity index (χ0n) is 14.7. The van der Waals surface area contributed by atoms with E-state index in [1.54, 1.807) is 36.4 Å². The molecule has 1 saturated heterocycles. The van der Waals surface area contributed by atoms with Gasteiger partial charge in [0.05, 0.1) is 26.2 Å². The molecular weight excluding hydrogens is 415 g/mol. The van der Waals surface area contributed by atoms with Crippen molar-refractivity contribution in [3.8, 4) is 11.3 Å². The van der Waals surface area contributed by atoms with Gasteiger partial charge in [-0.3, -0.25) is 4.79 Å². The highest BCUT2D eigenvalue weighted by molar-refractivity contribution is 8.18. The van der Waals surface area contributed by atoms with Crippen molar-refractivity contribution >= 4 is 57.8 Å². The van der Waals surface area contributed by atoms with Gasteiger partial charge in [-0.15, -0.1) is 0 Å². The van der Waals surface area contributed by atoms with Crippen molar-refractivity contribution in [3.05, 3.63) is 80.9 Å². The molecule has 0 radical (unpaired) electrons. The van der Waals surface area contributed by atoms with Crippen molar-refractivity contribution in [3.63, 3.8) is 0 Å². The minimum Gasteiger partial charge on any atom is -0.457 e. The zero-order valence-corrected chi connectivity index (χ0v) is 17.0. The third-order valence-corrected chi connectivity index (χ3v) is 5.64. The molecular formula is C21H14Cl2N2O2S. The van der Waals surface area contributed by atoms with E-state index in [-0.39, 0.29) is 5.91 Å². The lowest BCUT2D eigenvalue weighted by molar-refractivity contribution is -0.115. The normalized spacial score (nSPS) is 16.8. The van der Waals surface area contributed by atoms with E-state index in [0.29, 0.717) is 37.2 Å². The fraction of sp³-hybridized carbons (Fsp3) is 0.0476. The summed E-state index contributed by atoms with van der Waals surface area (Å²) in [6, 6.07) is 16.6. The standard InChI is InChI=1S/C21H14Cl2N2O2S/c1-12-5-2-3-8-16(12)24-21-25-20(26)18(28-21)11-13-9-10-17(27-13)19-14(22)6-4-7-15(19)23/h2-11H,1H3,(H,24,25,26)/b18-11+. The van der Waals surface area contributed by atoms with E-state index in [0.717, 1.165) is 11.3 Å². The van der Waals surface area contributed by atoms with E-state index in [2.05, 4.69) is 10.3 Å². The van der Waals surface area contributed by atoms with E-state index in [4.69, 9.17) is 27.6 Å². The Hall–Kier alpha value is -2.47. The number of carbonyl (C=O) groups excluding carboxylic acids is 1. The molecule has 1 aliphatic rings. The first-order chi connectivity index (χ1) is 13.5. The number of aliphatic imine (C=N–C) groups is 1. The van der Waals surface area contributed by atoms with Crippen LogP contribution in [-0.2, 0) is 4.79 Å². The van der Waals surface area contributed by atoms with E-state index >= 15 is 0 Å². The Labute approximate surface area is 176 Å². The van der Waals surface area contributed by atoms with Gasteiger partial charge < -0.3 is 9.73 Å². The average Bonchev–Trinajstić information content (AvgIpc) is 3.24. The van der Waals surface area contributed by atoms with Crippen LogP contribution in [0.1, 0.15) is 11.3 Å². The fourth-order valence-electron chi connectivity index (χ4n) is 2.71. The predicted octanol–water partition coefficient (Wildman–Crippen LogP) is 6.45. The lowest BCUT2D eigenvalue weighted by atomic mass is 10.2. The number of nitrogens with one attached hydrogen (secondary N) is 1. The third kappa shape index (κ3) is 3.87. The molecule has 1 fully saturated rings. The second-order valence-corrected chi connectivity index (χ2v) is 7.91. The molecule has 2 heterocycles. The predicted molar refractivity (Wildman–Crippen MR) is 116 cm³/mol. The molecule has 0 aliphatic carbocycles. The Bertz CT molecular complexity index is 1110. The number of rotatable bonds is 3. The van der Waals surface area contributed by atoms with Gasteiger partial charge in [0.1, 0.15) is 11.5 Å². The van der Waals surface area contributed by atoms with Crippen LogP contribution in [0.5, 0.6) is 0 Å². The molecule has 7 heteroatoms. The van der Waals surface area contributed by atoms with Gasteiger partial charge in [-0.1, -0.05) is 47.5 Å². The van der Waals surface area contributed by atoms with Crippen molar-refractivity contribution in [2.75, 3.05) is 0 Å². The number of nitrogens with zero attached hydrogens (tertiary/aromatic N) is 1. The number of thioether (sulfide) groups is 1. The van der Waals surface area contributed by atoms with Crippen molar-refractivity contribution < 1.29 is 9.21 Å². The maximum atomic E-state index is 12.3. The Kier molecular flexibility index (Phi) is 5.31. The largest absolute Gasteiger partial charge is 0.457 e. The maximum absolute atomic E-state index is 12.3. The molecule has 1 aromatic heterocycles. The van der Waals surface area contributed by atoms with Crippen molar-refractivity contribution in [1.29, 1.82) is 0 Å². The molecule has 28 heavy (non-hydrogen) atoms. The van der Waals surface area contributed by atoms with E-state index in [1.165, 1.54) is 11.8 Å². The van der Waals surface area contributed by atoms with Crippen molar-refractivity contribution in [2.45, 2.75) is 6.92 Å². The number of carbonyl (C=O) groups is 1. The number of amidine groups is 1. The number of amides is 1. The fourth-order valence-corrected chi connectivity index (χ4v) is 4.10. The van der Waals surface area contributed by atoms with Gasteiger partial charge >= 0.3 is 0 Å². The molecule has 0 atom stereocenters. The highest BCUT2D eigenvalue weighted by Crippen LogP contribution is 2.36. The van der Waals surface area contributed by atoms with Gasteiger partial charge in [-0.25, -0.2) is 4.99 Å². The van der Waals surface area contributed by atoms with Crippen molar-refractivity contribution in [1.82, 2.24) is 5.32 Å². The molecule has 0 saturated carbocycles. The van der Waals surface area contributed by atoms with Crippen LogP contribution in [0.3, 0.4) is 0 Å². The van der Waals surface area contributed by atoms with Gasteiger partial charge in [0.2, 0.25) is 0 Å². The molecule has 0 spiro atoms. The Balaban J connectivity index is 1.60. The molecule has 1 amide bonds. The van der Waals surface area contributed by atoms with Crippen LogP contribution in [0, 0.1) is 6.92 Å².